The highest BCUT2D eigenvalue weighted by Crippen LogP contribution is 2.23. The van der Waals surface area contributed by atoms with Gasteiger partial charge in [0.2, 0.25) is 5.91 Å². The van der Waals surface area contributed by atoms with E-state index in [0.29, 0.717) is 35.8 Å². The van der Waals surface area contributed by atoms with Gasteiger partial charge in [-0.2, -0.15) is 0 Å². The van der Waals surface area contributed by atoms with Gasteiger partial charge in [0.15, 0.2) is 5.16 Å². The fourth-order valence-electron chi connectivity index (χ4n) is 3.38. The third kappa shape index (κ3) is 5.55. The second kappa shape index (κ2) is 10.8. The van der Waals surface area contributed by atoms with E-state index < -0.39 is 0 Å². The number of fused-ring (bicyclic) bond motifs is 1. The van der Waals surface area contributed by atoms with Gasteiger partial charge in [-0.3, -0.25) is 14.2 Å². The molecule has 1 aromatic heterocycles. The van der Waals surface area contributed by atoms with Crippen LogP contribution in [0.25, 0.3) is 10.9 Å². The number of hydrogen-bond acceptors (Lipinski definition) is 6. The molecule has 7 nitrogen and oxygen atoms in total. The number of thioether (sulfide) groups is 1. The van der Waals surface area contributed by atoms with Gasteiger partial charge in [0.25, 0.3) is 5.56 Å². The number of morpholine rings is 1. The Morgan fingerprint density at radius 2 is 2.07 bits per heavy atom. The Kier molecular flexibility index (Phi) is 8.16. The second-order valence-corrected chi connectivity index (χ2v) is 8.61. The summed E-state index contributed by atoms with van der Waals surface area (Å²) in [6, 6.07) is 6.02. The molecular formula is C22H32N4O3S. The molecule has 0 bridgehead atoms. The predicted molar refractivity (Wildman–Crippen MR) is 123 cm³/mol. The summed E-state index contributed by atoms with van der Waals surface area (Å²) >= 11 is 1.33. The summed E-state index contributed by atoms with van der Waals surface area (Å²) in [4.78, 5) is 32.5. The van der Waals surface area contributed by atoms with Crippen molar-refractivity contribution in [3.63, 3.8) is 0 Å². The zero-order valence-electron chi connectivity index (χ0n) is 18.1. The Balaban J connectivity index is 1.89. The van der Waals surface area contributed by atoms with E-state index in [1.54, 1.807) is 4.57 Å². The second-order valence-electron chi connectivity index (χ2n) is 7.67. The Bertz CT molecular complexity index is 924. The minimum atomic E-state index is -0.0339. The van der Waals surface area contributed by atoms with Crippen LogP contribution in [-0.2, 0) is 16.1 Å². The fraction of sp³-hybridized carbons (Fsp3) is 0.591. The van der Waals surface area contributed by atoms with E-state index in [-0.39, 0.29) is 23.3 Å². The number of anilines is 1. The van der Waals surface area contributed by atoms with E-state index in [1.807, 2.05) is 32.0 Å². The largest absolute Gasteiger partial charge is 0.378 e. The van der Waals surface area contributed by atoms with Crippen LogP contribution in [0, 0.1) is 0 Å². The summed E-state index contributed by atoms with van der Waals surface area (Å²) < 4.78 is 7.17. The standard InChI is InChI=1S/C22H32N4O3S/c1-4-6-9-26-21(28)18-14-17(25-10-12-29-13-11-25)7-8-19(18)24-22(26)30-15-20(27)23-16(3)5-2/h7-8,14,16H,4-6,9-13,15H2,1-3H3,(H,23,27)/t16-/m1/s1. The lowest BCUT2D eigenvalue weighted by atomic mass is 10.2. The summed E-state index contributed by atoms with van der Waals surface area (Å²) in [5.74, 6) is 0.216. The Labute approximate surface area is 182 Å². The van der Waals surface area contributed by atoms with Gasteiger partial charge in [0.05, 0.1) is 29.9 Å². The number of carbonyl (C=O) groups excluding carboxylic acids is 1. The van der Waals surface area contributed by atoms with Crippen LogP contribution in [0.3, 0.4) is 0 Å². The Hall–Kier alpha value is -2.06. The molecule has 1 amide bonds. The summed E-state index contributed by atoms with van der Waals surface area (Å²) in [5.41, 5.74) is 1.67. The number of ether oxygens (including phenoxy) is 1. The number of nitrogens with zero attached hydrogens (tertiary/aromatic N) is 3. The molecular weight excluding hydrogens is 400 g/mol. The summed E-state index contributed by atoms with van der Waals surface area (Å²) in [6.07, 6.45) is 2.76. The highest BCUT2D eigenvalue weighted by atomic mass is 32.2. The molecule has 0 radical (unpaired) electrons. The average molecular weight is 433 g/mol. The van der Waals surface area contributed by atoms with Crippen molar-refractivity contribution >= 4 is 34.3 Å². The molecule has 1 aromatic carbocycles. The van der Waals surface area contributed by atoms with Crippen molar-refractivity contribution in [2.24, 2.45) is 0 Å². The van der Waals surface area contributed by atoms with Crippen LogP contribution >= 0.6 is 11.8 Å². The Morgan fingerprint density at radius 3 is 2.77 bits per heavy atom. The van der Waals surface area contributed by atoms with Crippen LogP contribution in [0.15, 0.2) is 28.2 Å². The van der Waals surface area contributed by atoms with Crippen molar-refractivity contribution in [2.45, 2.75) is 57.8 Å². The van der Waals surface area contributed by atoms with Gasteiger partial charge in [0.1, 0.15) is 0 Å². The van der Waals surface area contributed by atoms with Crippen LogP contribution < -0.4 is 15.8 Å². The molecule has 3 rings (SSSR count). The van der Waals surface area contributed by atoms with Gasteiger partial charge in [-0.15, -0.1) is 0 Å². The number of carbonyl (C=O) groups is 1. The van der Waals surface area contributed by atoms with E-state index in [9.17, 15) is 9.59 Å². The van der Waals surface area contributed by atoms with Crippen LogP contribution in [0.1, 0.15) is 40.0 Å². The van der Waals surface area contributed by atoms with Crippen molar-refractivity contribution in [1.29, 1.82) is 0 Å². The van der Waals surface area contributed by atoms with E-state index in [2.05, 4.69) is 17.1 Å². The lowest BCUT2D eigenvalue weighted by molar-refractivity contribution is -0.119. The number of aromatic nitrogens is 2. The van der Waals surface area contributed by atoms with Crippen LogP contribution in [0.5, 0.6) is 0 Å². The maximum Gasteiger partial charge on any atom is 0.262 e. The molecule has 2 aromatic rings. The molecule has 1 saturated heterocycles. The Morgan fingerprint density at radius 1 is 1.30 bits per heavy atom. The van der Waals surface area contributed by atoms with Crippen molar-refractivity contribution < 1.29 is 9.53 Å². The lowest BCUT2D eigenvalue weighted by Gasteiger charge is -2.29. The third-order valence-electron chi connectivity index (χ3n) is 5.37. The van der Waals surface area contributed by atoms with Crippen molar-refractivity contribution in [1.82, 2.24) is 14.9 Å². The molecule has 1 aliphatic rings. The first-order valence-electron chi connectivity index (χ1n) is 10.8. The zero-order chi connectivity index (χ0) is 21.5. The lowest BCUT2D eigenvalue weighted by Crippen LogP contribution is -2.36. The SMILES string of the molecule is CCCCn1c(SCC(=O)N[C@H](C)CC)nc2ccc(N3CCOCC3)cc2c1=O. The van der Waals surface area contributed by atoms with Crippen LogP contribution in [-0.4, -0.2) is 53.6 Å². The molecule has 0 spiro atoms. The number of nitrogens with one attached hydrogen (secondary N) is 1. The molecule has 1 aliphatic heterocycles. The van der Waals surface area contributed by atoms with Crippen LogP contribution in [0.2, 0.25) is 0 Å². The zero-order valence-corrected chi connectivity index (χ0v) is 19.0. The van der Waals surface area contributed by atoms with Gasteiger partial charge in [-0.1, -0.05) is 32.0 Å². The van der Waals surface area contributed by atoms with Gasteiger partial charge < -0.3 is 15.0 Å². The molecule has 0 unspecified atom stereocenters. The van der Waals surface area contributed by atoms with Crippen molar-refractivity contribution in [3.05, 3.63) is 28.6 Å². The molecule has 2 heterocycles. The fourth-order valence-corrected chi connectivity index (χ4v) is 4.22. The maximum absolute atomic E-state index is 13.3. The first-order valence-corrected chi connectivity index (χ1v) is 11.8. The van der Waals surface area contributed by atoms with Crippen molar-refractivity contribution in [3.8, 4) is 0 Å². The summed E-state index contributed by atoms with van der Waals surface area (Å²) in [6.45, 7) is 9.77. The minimum absolute atomic E-state index is 0.0339. The van der Waals surface area contributed by atoms with Gasteiger partial charge in [-0.25, -0.2) is 4.98 Å². The number of unbranched alkanes of at least 4 members (excludes halogenated alkanes) is 1. The van der Waals surface area contributed by atoms with Gasteiger partial charge in [-0.05, 0) is 38.0 Å². The molecule has 1 fully saturated rings. The molecule has 1 atom stereocenters. The van der Waals surface area contributed by atoms with E-state index >= 15 is 0 Å². The highest BCUT2D eigenvalue weighted by Gasteiger charge is 2.17. The highest BCUT2D eigenvalue weighted by molar-refractivity contribution is 7.99. The third-order valence-corrected chi connectivity index (χ3v) is 6.34. The molecule has 8 heteroatoms. The first-order chi connectivity index (χ1) is 14.5. The van der Waals surface area contributed by atoms with Crippen LogP contribution in [0.4, 0.5) is 5.69 Å². The van der Waals surface area contributed by atoms with Gasteiger partial charge >= 0.3 is 0 Å². The maximum atomic E-state index is 13.3. The molecule has 0 aliphatic carbocycles. The molecule has 30 heavy (non-hydrogen) atoms. The summed E-state index contributed by atoms with van der Waals surface area (Å²) in [5, 5.41) is 4.21. The quantitative estimate of drug-likeness (QED) is 0.485. The normalized spacial score (nSPS) is 15.4. The number of benzene rings is 1. The van der Waals surface area contributed by atoms with E-state index in [4.69, 9.17) is 9.72 Å². The monoisotopic (exact) mass is 432 g/mol. The average Bonchev–Trinajstić information content (AvgIpc) is 2.77. The molecule has 164 valence electrons. The number of rotatable bonds is 9. The van der Waals surface area contributed by atoms with E-state index in [0.717, 1.165) is 38.0 Å². The smallest absolute Gasteiger partial charge is 0.262 e. The molecule has 1 N–H and O–H groups in total. The topological polar surface area (TPSA) is 76.5 Å². The predicted octanol–water partition coefficient (Wildman–Crippen LogP) is 3.04. The number of hydrogen-bond donors (Lipinski definition) is 1. The van der Waals surface area contributed by atoms with Gasteiger partial charge in [0, 0.05) is 31.4 Å². The summed E-state index contributed by atoms with van der Waals surface area (Å²) in [7, 11) is 0. The van der Waals surface area contributed by atoms with Crippen molar-refractivity contribution in [2.75, 3.05) is 37.0 Å². The first kappa shape index (κ1) is 22.6. The minimum Gasteiger partial charge on any atom is -0.378 e. The number of amides is 1. The molecule has 0 saturated carbocycles. The van der Waals surface area contributed by atoms with E-state index in [1.165, 1.54) is 11.8 Å².